The van der Waals surface area contributed by atoms with Crippen LogP contribution < -0.4 is 0 Å². The third-order valence-corrected chi connectivity index (χ3v) is 4.94. The summed E-state index contributed by atoms with van der Waals surface area (Å²) in [5, 5.41) is 68.9. The first kappa shape index (κ1) is 24.3. The van der Waals surface area contributed by atoms with Crippen LogP contribution in [0.15, 0.2) is 0 Å². The standard InChI is InChI=1S/C17H30O12/c1-6(20)3-10(21)28-16-9(5-19)27-17(14(25)13(16)24)29-15-7(2)26-8(4-18)11(22)12(15)23/h6-9,11-20,22-25H,3-5H2,1-2H3/t6?,7?,8?,9?,11-,12?,13?,14+,15-,16-,17+/m1/s1. The van der Waals surface area contributed by atoms with Gasteiger partial charge in [-0.1, -0.05) is 0 Å². The second kappa shape index (κ2) is 10.4. The largest absolute Gasteiger partial charge is 0.457 e. The lowest BCUT2D eigenvalue weighted by molar-refractivity contribution is -0.340. The van der Waals surface area contributed by atoms with E-state index in [-0.39, 0.29) is 6.42 Å². The maximum atomic E-state index is 11.8. The highest BCUT2D eigenvalue weighted by atomic mass is 16.7. The Morgan fingerprint density at radius 1 is 0.931 bits per heavy atom. The van der Waals surface area contributed by atoms with E-state index in [9.17, 15) is 40.5 Å². The zero-order chi connectivity index (χ0) is 21.9. The van der Waals surface area contributed by atoms with E-state index in [2.05, 4.69) is 0 Å². The lowest BCUT2D eigenvalue weighted by Crippen LogP contribution is -2.64. The van der Waals surface area contributed by atoms with Gasteiger partial charge in [0.15, 0.2) is 12.4 Å². The van der Waals surface area contributed by atoms with Crippen LogP contribution in [0.25, 0.3) is 0 Å². The first-order valence-electron chi connectivity index (χ1n) is 9.38. The molecule has 2 fully saturated rings. The Balaban J connectivity index is 2.07. The minimum absolute atomic E-state index is 0.357. The fourth-order valence-corrected chi connectivity index (χ4v) is 3.37. The molecular formula is C17H30O12. The molecule has 0 amide bonds. The van der Waals surface area contributed by atoms with Crippen molar-refractivity contribution in [1.82, 2.24) is 0 Å². The summed E-state index contributed by atoms with van der Waals surface area (Å²) in [6.45, 7) is 1.66. The fourth-order valence-electron chi connectivity index (χ4n) is 3.37. The Morgan fingerprint density at radius 3 is 2.07 bits per heavy atom. The van der Waals surface area contributed by atoms with Crippen molar-refractivity contribution >= 4 is 5.97 Å². The molecule has 0 aromatic heterocycles. The SMILES string of the molecule is CC(O)CC(=O)O[C@@H]1C(CO)O[C@@H](O[C@@H]2C(C)OC(CO)[C@@H](O)C2O)[C@@H](O)C1O. The van der Waals surface area contributed by atoms with Crippen LogP contribution in [-0.2, 0) is 23.7 Å². The van der Waals surface area contributed by atoms with Gasteiger partial charge in [-0.25, -0.2) is 0 Å². The van der Waals surface area contributed by atoms with Gasteiger partial charge in [0, 0.05) is 0 Å². The monoisotopic (exact) mass is 426 g/mol. The third-order valence-electron chi connectivity index (χ3n) is 4.94. The van der Waals surface area contributed by atoms with Crippen molar-refractivity contribution < 1.29 is 59.5 Å². The molecule has 0 saturated carbocycles. The molecule has 2 saturated heterocycles. The quantitative estimate of drug-likeness (QED) is 0.195. The van der Waals surface area contributed by atoms with Crippen LogP contribution in [0.5, 0.6) is 0 Å². The number of aliphatic hydroxyl groups is 7. The minimum Gasteiger partial charge on any atom is -0.457 e. The van der Waals surface area contributed by atoms with Crippen LogP contribution in [0.3, 0.4) is 0 Å². The van der Waals surface area contributed by atoms with Crippen LogP contribution in [0.1, 0.15) is 20.3 Å². The molecule has 6 unspecified atom stereocenters. The number of hydrogen-bond donors (Lipinski definition) is 7. The summed E-state index contributed by atoms with van der Waals surface area (Å²) in [5.74, 6) is -0.861. The minimum atomic E-state index is -1.73. The molecule has 12 heteroatoms. The summed E-state index contributed by atoms with van der Waals surface area (Å²) >= 11 is 0. The van der Waals surface area contributed by atoms with Crippen LogP contribution in [-0.4, -0.2) is 122 Å². The Morgan fingerprint density at radius 2 is 1.52 bits per heavy atom. The lowest BCUT2D eigenvalue weighted by atomic mass is 9.95. The summed E-state index contributed by atoms with van der Waals surface area (Å²) in [5.41, 5.74) is 0. The highest BCUT2D eigenvalue weighted by Gasteiger charge is 2.50. The zero-order valence-electron chi connectivity index (χ0n) is 16.1. The highest BCUT2D eigenvalue weighted by molar-refractivity contribution is 5.70. The van der Waals surface area contributed by atoms with E-state index in [1.165, 1.54) is 13.8 Å². The average Bonchev–Trinajstić information content (AvgIpc) is 2.66. The number of ether oxygens (including phenoxy) is 4. The molecule has 2 aliphatic rings. The van der Waals surface area contributed by atoms with E-state index in [1.807, 2.05) is 0 Å². The van der Waals surface area contributed by atoms with Crippen LogP contribution in [0.2, 0.25) is 0 Å². The third kappa shape index (κ3) is 5.61. The summed E-state index contributed by atoms with van der Waals surface area (Å²) in [4.78, 5) is 11.8. The smallest absolute Gasteiger partial charge is 0.308 e. The van der Waals surface area contributed by atoms with Gasteiger partial charge in [-0.2, -0.15) is 0 Å². The van der Waals surface area contributed by atoms with Gasteiger partial charge in [0.25, 0.3) is 0 Å². The van der Waals surface area contributed by atoms with Crippen molar-refractivity contribution in [3.05, 3.63) is 0 Å². The number of rotatable bonds is 7. The Hall–Kier alpha value is -0.930. The molecule has 0 aromatic carbocycles. The predicted octanol–water partition coefficient (Wildman–Crippen LogP) is -4.01. The molecule has 2 heterocycles. The molecule has 0 bridgehead atoms. The van der Waals surface area contributed by atoms with Crippen molar-refractivity contribution in [2.75, 3.05) is 13.2 Å². The van der Waals surface area contributed by atoms with Gasteiger partial charge in [0.1, 0.15) is 42.7 Å². The van der Waals surface area contributed by atoms with Gasteiger partial charge in [-0.15, -0.1) is 0 Å². The summed E-state index contributed by atoms with van der Waals surface area (Å²) in [6, 6.07) is 0. The summed E-state index contributed by atoms with van der Waals surface area (Å²) < 4.78 is 21.3. The average molecular weight is 426 g/mol. The topological polar surface area (TPSA) is 196 Å². The van der Waals surface area contributed by atoms with Gasteiger partial charge in [-0.05, 0) is 13.8 Å². The first-order valence-corrected chi connectivity index (χ1v) is 9.38. The second-order valence-corrected chi connectivity index (χ2v) is 7.36. The van der Waals surface area contributed by atoms with E-state index < -0.39 is 86.5 Å². The molecule has 2 rings (SSSR count). The molecule has 0 aliphatic carbocycles. The summed E-state index contributed by atoms with van der Waals surface area (Å²) in [6.07, 6.45) is -15.0. The highest BCUT2D eigenvalue weighted by Crippen LogP contribution is 2.30. The van der Waals surface area contributed by atoms with E-state index in [0.717, 1.165) is 0 Å². The lowest BCUT2D eigenvalue weighted by Gasteiger charge is -2.46. The van der Waals surface area contributed by atoms with Crippen molar-refractivity contribution in [2.24, 2.45) is 0 Å². The van der Waals surface area contributed by atoms with Gasteiger partial charge in [0.2, 0.25) is 0 Å². The maximum Gasteiger partial charge on any atom is 0.308 e. The Labute approximate surface area is 167 Å². The zero-order valence-corrected chi connectivity index (χ0v) is 16.1. The van der Waals surface area contributed by atoms with Crippen molar-refractivity contribution in [3.63, 3.8) is 0 Å². The molecule has 7 N–H and O–H groups in total. The second-order valence-electron chi connectivity index (χ2n) is 7.36. The van der Waals surface area contributed by atoms with E-state index in [1.54, 1.807) is 0 Å². The van der Waals surface area contributed by atoms with Crippen LogP contribution in [0, 0.1) is 0 Å². The number of carbonyl (C=O) groups excluding carboxylic acids is 1. The molecule has 0 aromatic rings. The Kier molecular flexibility index (Phi) is 8.72. The molecule has 0 spiro atoms. The van der Waals surface area contributed by atoms with Gasteiger partial charge in [-0.3, -0.25) is 4.79 Å². The molecule has 29 heavy (non-hydrogen) atoms. The number of esters is 1. The molecule has 11 atom stereocenters. The molecule has 12 nitrogen and oxygen atoms in total. The van der Waals surface area contributed by atoms with Crippen molar-refractivity contribution in [3.8, 4) is 0 Å². The van der Waals surface area contributed by atoms with Crippen molar-refractivity contribution in [1.29, 1.82) is 0 Å². The Bertz CT molecular complexity index is 529. The maximum absolute atomic E-state index is 11.8. The van der Waals surface area contributed by atoms with Crippen LogP contribution in [0.4, 0.5) is 0 Å². The number of aliphatic hydroxyl groups excluding tert-OH is 7. The van der Waals surface area contributed by atoms with E-state index >= 15 is 0 Å². The summed E-state index contributed by atoms with van der Waals surface area (Å²) in [7, 11) is 0. The molecule has 2 aliphatic heterocycles. The van der Waals surface area contributed by atoms with Gasteiger partial charge in [0.05, 0.1) is 31.8 Å². The number of carbonyl (C=O) groups is 1. The first-order chi connectivity index (χ1) is 13.6. The normalized spacial score (nSPS) is 44.3. The van der Waals surface area contributed by atoms with Gasteiger partial charge >= 0.3 is 5.97 Å². The van der Waals surface area contributed by atoms with E-state index in [4.69, 9.17) is 18.9 Å². The van der Waals surface area contributed by atoms with Crippen LogP contribution >= 0.6 is 0 Å². The predicted molar refractivity (Wildman–Crippen MR) is 92.2 cm³/mol. The fraction of sp³-hybridized carbons (Fsp3) is 0.941. The molecule has 0 radical (unpaired) electrons. The number of hydrogen-bond acceptors (Lipinski definition) is 12. The molecule has 170 valence electrons. The van der Waals surface area contributed by atoms with Gasteiger partial charge < -0.3 is 54.7 Å². The molecular weight excluding hydrogens is 396 g/mol. The van der Waals surface area contributed by atoms with E-state index in [0.29, 0.717) is 0 Å². The van der Waals surface area contributed by atoms with Crippen molar-refractivity contribution in [2.45, 2.75) is 87.6 Å².